The minimum atomic E-state index is -1.14. The molecular weight excluding hydrogens is 224 g/mol. The molecule has 0 aromatic rings. The van der Waals surface area contributed by atoms with Crippen molar-refractivity contribution in [3.8, 4) is 0 Å². The maximum Gasteiger partial charge on any atom is 0.219 e. The SMILES string of the molecule is C=CC1(N[S+]([O-])C(C)(C)C)CN(C(C)=O)C1. The van der Waals surface area contributed by atoms with Gasteiger partial charge in [-0.25, -0.2) is 0 Å². The van der Waals surface area contributed by atoms with E-state index in [0.717, 1.165) is 0 Å². The number of nitrogens with one attached hydrogen (secondary N) is 1. The van der Waals surface area contributed by atoms with Gasteiger partial charge in [0.1, 0.15) is 10.3 Å². The number of nitrogens with zero attached hydrogens (tertiary/aromatic N) is 1. The van der Waals surface area contributed by atoms with Crippen LogP contribution in [0.5, 0.6) is 0 Å². The molecule has 1 atom stereocenters. The molecule has 92 valence electrons. The standard InChI is InChI=1S/C11H20N2O2S/c1-6-11(7-13(8-11)9(2)14)12-16(15)10(3,4)5/h6,12H,1,7-8H2,2-5H3. The maximum atomic E-state index is 12.0. The summed E-state index contributed by atoms with van der Waals surface area (Å²) in [4.78, 5) is 12.8. The second kappa shape index (κ2) is 4.39. The second-order valence-corrected chi connectivity index (χ2v) is 7.18. The number of carbonyl (C=O) groups is 1. The lowest BCUT2D eigenvalue weighted by atomic mass is 9.91. The Morgan fingerprint density at radius 1 is 1.56 bits per heavy atom. The molecule has 1 heterocycles. The van der Waals surface area contributed by atoms with Crippen molar-refractivity contribution in [1.29, 1.82) is 0 Å². The molecule has 1 fully saturated rings. The van der Waals surface area contributed by atoms with Crippen molar-refractivity contribution in [3.63, 3.8) is 0 Å². The van der Waals surface area contributed by atoms with Gasteiger partial charge >= 0.3 is 0 Å². The third-order valence-corrected chi connectivity index (χ3v) is 4.34. The Labute approximate surface area is 100 Å². The van der Waals surface area contributed by atoms with Crippen LogP contribution in [0, 0.1) is 0 Å². The molecule has 5 heteroatoms. The van der Waals surface area contributed by atoms with Gasteiger partial charge in [0.15, 0.2) is 0 Å². The molecule has 0 spiro atoms. The second-order valence-electron chi connectivity index (χ2n) is 5.22. The zero-order valence-electron chi connectivity index (χ0n) is 10.4. The lowest BCUT2D eigenvalue weighted by molar-refractivity contribution is -0.135. The maximum absolute atomic E-state index is 12.0. The number of hydrogen-bond acceptors (Lipinski definition) is 3. The highest BCUT2D eigenvalue weighted by Gasteiger charge is 2.47. The van der Waals surface area contributed by atoms with Gasteiger partial charge < -0.3 is 9.45 Å². The summed E-state index contributed by atoms with van der Waals surface area (Å²) in [6, 6.07) is 0. The molecule has 0 aliphatic carbocycles. The summed E-state index contributed by atoms with van der Waals surface area (Å²) in [6.45, 7) is 12.1. The number of hydrogen-bond donors (Lipinski definition) is 1. The fraction of sp³-hybridized carbons (Fsp3) is 0.727. The van der Waals surface area contributed by atoms with Crippen LogP contribution in [-0.4, -0.2) is 38.7 Å². The largest absolute Gasteiger partial charge is 0.598 e. The molecule has 1 saturated heterocycles. The first-order chi connectivity index (χ1) is 7.20. The summed E-state index contributed by atoms with van der Waals surface area (Å²) in [7, 11) is 0. The van der Waals surface area contributed by atoms with Crippen LogP contribution in [-0.2, 0) is 16.2 Å². The van der Waals surface area contributed by atoms with Crippen molar-refractivity contribution in [1.82, 2.24) is 9.62 Å². The quantitative estimate of drug-likeness (QED) is 0.591. The fourth-order valence-corrected chi connectivity index (χ4v) is 2.32. The predicted octanol–water partition coefficient (Wildman–Crippen LogP) is 0.825. The Morgan fingerprint density at radius 3 is 2.38 bits per heavy atom. The number of carbonyl (C=O) groups excluding carboxylic acids is 1. The Balaban J connectivity index is 2.59. The van der Waals surface area contributed by atoms with Gasteiger partial charge in [0.05, 0.1) is 0 Å². The first-order valence-electron chi connectivity index (χ1n) is 5.29. The average Bonchev–Trinajstić information content (AvgIpc) is 2.07. The molecule has 0 bridgehead atoms. The van der Waals surface area contributed by atoms with Gasteiger partial charge in [-0.2, -0.15) is 0 Å². The van der Waals surface area contributed by atoms with E-state index in [1.54, 1.807) is 11.0 Å². The monoisotopic (exact) mass is 244 g/mol. The summed E-state index contributed by atoms with van der Waals surface area (Å²) >= 11 is -1.14. The Kier molecular flexibility index (Phi) is 3.72. The highest BCUT2D eigenvalue weighted by Crippen LogP contribution is 2.26. The Hall–Kier alpha value is -0.520. The predicted molar refractivity (Wildman–Crippen MR) is 66.2 cm³/mol. The van der Waals surface area contributed by atoms with E-state index in [4.69, 9.17) is 0 Å². The van der Waals surface area contributed by atoms with Crippen LogP contribution < -0.4 is 4.72 Å². The molecule has 0 radical (unpaired) electrons. The Bertz CT molecular complexity index is 293. The lowest BCUT2D eigenvalue weighted by Gasteiger charge is -2.48. The molecule has 1 aliphatic rings. The van der Waals surface area contributed by atoms with Crippen LogP contribution in [0.1, 0.15) is 27.7 Å². The molecule has 4 nitrogen and oxygen atoms in total. The van der Waals surface area contributed by atoms with Gasteiger partial charge in [-0.15, -0.1) is 11.3 Å². The minimum Gasteiger partial charge on any atom is -0.598 e. The molecule has 0 saturated carbocycles. The zero-order valence-corrected chi connectivity index (χ0v) is 11.2. The smallest absolute Gasteiger partial charge is 0.219 e. The van der Waals surface area contributed by atoms with E-state index in [1.165, 1.54) is 6.92 Å². The number of amides is 1. The molecule has 1 unspecified atom stereocenters. The molecule has 0 aromatic heterocycles. The van der Waals surface area contributed by atoms with E-state index in [9.17, 15) is 9.35 Å². The van der Waals surface area contributed by atoms with Gasteiger partial charge in [0.25, 0.3) is 0 Å². The van der Waals surface area contributed by atoms with Crippen LogP contribution in [0.2, 0.25) is 0 Å². The summed E-state index contributed by atoms with van der Waals surface area (Å²) in [5.74, 6) is 0.0424. The first kappa shape index (κ1) is 13.5. The average molecular weight is 244 g/mol. The normalized spacial score (nSPS) is 21.2. The number of rotatable bonds is 3. The van der Waals surface area contributed by atoms with E-state index in [2.05, 4.69) is 11.3 Å². The molecule has 0 aromatic carbocycles. The summed E-state index contributed by atoms with van der Waals surface area (Å²) in [5.41, 5.74) is -0.385. The van der Waals surface area contributed by atoms with E-state index < -0.39 is 11.4 Å². The minimum absolute atomic E-state index is 0.0424. The van der Waals surface area contributed by atoms with E-state index in [-0.39, 0.29) is 16.2 Å². The summed E-state index contributed by atoms with van der Waals surface area (Å²) < 4.78 is 14.7. The first-order valence-corrected chi connectivity index (χ1v) is 6.44. The van der Waals surface area contributed by atoms with E-state index in [1.807, 2.05) is 20.8 Å². The van der Waals surface area contributed by atoms with E-state index >= 15 is 0 Å². The Morgan fingerprint density at radius 2 is 2.06 bits per heavy atom. The molecular formula is C11H20N2O2S. The molecule has 1 amide bonds. The van der Waals surface area contributed by atoms with Crippen molar-refractivity contribution < 1.29 is 9.35 Å². The fourth-order valence-electron chi connectivity index (χ4n) is 1.43. The van der Waals surface area contributed by atoms with Crippen LogP contribution in [0.25, 0.3) is 0 Å². The van der Waals surface area contributed by atoms with Gasteiger partial charge in [-0.3, -0.25) is 4.79 Å². The van der Waals surface area contributed by atoms with Gasteiger partial charge in [-0.05, 0) is 20.8 Å². The van der Waals surface area contributed by atoms with Crippen LogP contribution in [0.3, 0.4) is 0 Å². The van der Waals surface area contributed by atoms with E-state index in [0.29, 0.717) is 13.1 Å². The van der Waals surface area contributed by atoms with Crippen molar-refractivity contribution in [2.24, 2.45) is 0 Å². The summed E-state index contributed by atoms with van der Waals surface area (Å²) in [6.07, 6.45) is 1.75. The highest BCUT2D eigenvalue weighted by atomic mass is 32.2. The van der Waals surface area contributed by atoms with Crippen molar-refractivity contribution in [3.05, 3.63) is 12.7 Å². The molecule has 1 N–H and O–H groups in total. The van der Waals surface area contributed by atoms with Crippen molar-refractivity contribution >= 4 is 17.3 Å². The number of likely N-dealkylation sites (tertiary alicyclic amines) is 1. The van der Waals surface area contributed by atoms with Crippen molar-refractivity contribution in [2.75, 3.05) is 13.1 Å². The van der Waals surface area contributed by atoms with Crippen molar-refractivity contribution in [2.45, 2.75) is 38.0 Å². The summed E-state index contributed by atoms with van der Waals surface area (Å²) in [5, 5.41) is 0. The molecule has 1 aliphatic heterocycles. The zero-order chi connectivity index (χ0) is 12.6. The van der Waals surface area contributed by atoms with Crippen LogP contribution in [0.15, 0.2) is 12.7 Å². The molecule has 16 heavy (non-hydrogen) atoms. The highest BCUT2D eigenvalue weighted by molar-refractivity contribution is 7.90. The van der Waals surface area contributed by atoms with Gasteiger partial charge in [0, 0.05) is 31.4 Å². The van der Waals surface area contributed by atoms with Crippen LogP contribution >= 0.6 is 0 Å². The van der Waals surface area contributed by atoms with Gasteiger partial charge in [-0.1, -0.05) is 6.08 Å². The van der Waals surface area contributed by atoms with Gasteiger partial charge in [0.2, 0.25) is 5.91 Å². The molecule has 1 rings (SSSR count). The van der Waals surface area contributed by atoms with Crippen LogP contribution in [0.4, 0.5) is 0 Å². The third-order valence-electron chi connectivity index (χ3n) is 2.63. The topological polar surface area (TPSA) is 55.4 Å². The third kappa shape index (κ3) is 2.78. The lowest BCUT2D eigenvalue weighted by Crippen LogP contribution is -2.71.